The molecule has 8 nitrogen and oxygen atoms in total. The Morgan fingerprint density at radius 2 is 1.86 bits per heavy atom. The molecule has 0 unspecified atom stereocenters. The Hall–Kier alpha value is -3.60. The first kappa shape index (κ1) is 24.1. The highest BCUT2D eigenvalue weighted by Gasteiger charge is 2.36. The summed E-state index contributed by atoms with van der Waals surface area (Å²) in [6.07, 6.45) is -1.30. The van der Waals surface area contributed by atoms with Crippen molar-refractivity contribution in [3.05, 3.63) is 59.1 Å². The average molecular weight is 518 g/mol. The lowest BCUT2D eigenvalue weighted by molar-refractivity contribution is -0.146. The van der Waals surface area contributed by atoms with Gasteiger partial charge in [-0.2, -0.15) is 23.4 Å². The molecule has 0 saturated heterocycles. The van der Waals surface area contributed by atoms with Gasteiger partial charge in [-0.3, -0.25) is 14.4 Å². The van der Waals surface area contributed by atoms with Gasteiger partial charge in [-0.1, -0.05) is 35.9 Å². The molecule has 36 heavy (non-hydrogen) atoms. The van der Waals surface area contributed by atoms with E-state index in [-0.39, 0.29) is 24.2 Å². The number of imidazole rings is 1. The molecule has 0 spiro atoms. The Labute approximate surface area is 209 Å². The summed E-state index contributed by atoms with van der Waals surface area (Å²) in [7, 11) is 1.31. The monoisotopic (exact) mass is 517 g/mol. The van der Waals surface area contributed by atoms with Gasteiger partial charge in [-0.05, 0) is 19.4 Å². The molecule has 0 aliphatic carbocycles. The quantitative estimate of drug-likeness (QED) is 0.358. The third kappa shape index (κ3) is 4.27. The number of alkyl halides is 3. The van der Waals surface area contributed by atoms with Gasteiger partial charge < -0.3 is 4.57 Å². The van der Waals surface area contributed by atoms with Gasteiger partial charge in [0.2, 0.25) is 11.7 Å². The predicted octanol–water partition coefficient (Wildman–Crippen LogP) is 5.34. The van der Waals surface area contributed by atoms with Crippen LogP contribution in [0.5, 0.6) is 0 Å². The largest absolute Gasteiger partial charge is 0.449 e. The van der Waals surface area contributed by atoms with Gasteiger partial charge in [0.1, 0.15) is 17.2 Å². The summed E-state index contributed by atoms with van der Waals surface area (Å²) in [5, 5.41) is 9.50. The highest BCUT2D eigenvalue weighted by molar-refractivity contribution is 6.33. The maximum absolute atomic E-state index is 13.1. The number of aryl methyl sites for hydroxylation is 2. The van der Waals surface area contributed by atoms with Crippen molar-refractivity contribution >= 4 is 23.3 Å². The standard InChI is InChI=1S/C24H23ClF3N7O/c1-14(2)35-22(17(25)11-29-35)18-10-20-33(21(36)8-9-34(20)31-18)12-15-4-6-16(7-5-15)19-13-32(3)23(30-19)24(26,27)28/h4-7,10-11,13-14H,8-9,12H2,1-3H3. The molecule has 0 atom stereocenters. The second kappa shape index (κ2) is 8.81. The molecule has 4 heterocycles. The molecule has 188 valence electrons. The number of fused-ring (bicyclic) bond motifs is 1. The van der Waals surface area contributed by atoms with Crippen LogP contribution < -0.4 is 4.90 Å². The molecular formula is C24H23ClF3N7O. The lowest BCUT2D eigenvalue weighted by Crippen LogP contribution is -2.36. The molecule has 0 N–H and O–H groups in total. The summed E-state index contributed by atoms with van der Waals surface area (Å²) in [4.78, 5) is 18.2. The minimum Gasteiger partial charge on any atom is -0.330 e. The normalized spacial score (nSPS) is 14.1. The van der Waals surface area contributed by atoms with Gasteiger partial charge in [0, 0.05) is 37.3 Å². The van der Waals surface area contributed by atoms with E-state index in [1.165, 1.54) is 13.2 Å². The SMILES string of the molecule is CC(C)n1ncc(Cl)c1-c1cc2n(n1)CCC(=O)N2Cc1ccc(-c2cn(C)c(C(F)(F)F)n2)cc1. The maximum atomic E-state index is 13.1. The summed E-state index contributed by atoms with van der Waals surface area (Å²) < 4.78 is 43.8. The molecule has 0 saturated carbocycles. The molecular weight excluding hydrogens is 495 g/mol. The Bertz CT molecular complexity index is 1430. The highest BCUT2D eigenvalue weighted by atomic mass is 35.5. The van der Waals surface area contributed by atoms with E-state index in [9.17, 15) is 18.0 Å². The Morgan fingerprint density at radius 3 is 2.50 bits per heavy atom. The van der Waals surface area contributed by atoms with Gasteiger partial charge in [0.15, 0.2) is 0 Å². The molecule has 5 rings (SSSR count). The van der Waals surface area contributed by atoms with Crippen molar-refractivity contribution in [1.82, 2.24) is 29.1 Å². The van der Waals surface area contributed by atoms with Gasteiger partial charge in [0.25, 0.3) is 0 Å². The molecule has 0 fully saturated rings. The number of halogens is 4. The van der Waals surface area contributed by atoms with E-state index in [1.54, 1.807) is 44.7 Å². The first-order valence-electron chi connectivity index (χ1n) is 11.3. The second-order valence-corrected chi connectivity index (χ2v) is 9.38. The van der Waals surface area contributed by atoms with Gasteiger partial charge in [-0.25, -0.2) is 9.67 Å². The van der Waals surface area contributed by atoms with Gasteiger partial charge in [0.05, 0.1) is 30.0 Å². The number of rotatable bonds is 5. The van der Waals surface area contributed by atoms with Crippen molar-refractivity contribution in [2.24, 2.45) is 7.05 Å². The van der Waals surface area contributed by atoms with Crippen molar-refractivity contribution in [3.63, 3.8) is 0 Å². The summed E-state index contributed by atoms with van der Waals surface area (Å²) in [5.41, 5.74) is 2.93. The maximum Gasteiger partial charge on any atom is 0.449 e. The van der Waals surface area contributed by atoms with E-state index in [1.807, 2.05) is 19.9 Å². The molecule has 1 aliphatic rings. The minimum absolute atomic E-state index is 0.0407. The van der Waals surface area contributed by atoms with Crippen molar-refractivity contribution < 1.29 is 18.0 Å². The Balaban J connectivity index is 1.42. The molecule has 1 aliphatic heterocycles. The highest BCUT2D eigenvalue weighted by Crippen LogP contribution is 2.34. The van der Waals surface area contributed by atoms with Crippen molar-refractivity contribution in [2.45, 2.75) is 45.6 Å². The number of hydrogen-bond acceptors (Lipinski definition) is 4. The van der Waals surface area contributed by atoms with E-state index in [4.69, 9.17) is 11.6 Å². The van der Waals surface area contributed by atoms with Crippen molar-refractivity contribution in [3.8, 4) is 22.6 Å². The lowest BCUT2D eigenvalue weighted by Gasteiger charge is -2.27. The fourth-order valence-corrected chi connectivity index (χ4v) is 4.57. The number of benzene rings is 1. The number of anilines is 1. The molecule has 3 aromatic heterocycles. The number of nitrogens with zero attached hydrogens (tertiary/aromatic N) is 7. The molecule has 1 aromatic carbocycles. The van der Waals surface area contributed by atoms with Crippen LogP contribution in [0, 0.1) is 0 Å². The first-order chi connectivity index (χ1) is 17.0. The van der Waals surface area contributed by atoms with Crippen molar-refractivity contribution in [1.29, 1.82) is 0 Å². The number of carbonyl (C=O) groups is 1. The Kier molecular flexibility index (Phi) is 5.90. The molecule has 0 radical (unpaired) electrons. The van der Waals surface area contributed by atoms with Crippen LogP contribution >= 0.6 is 11.6 Å². The summed E-state index contributed by atoms with van der Waals surface area (Å²) in [6, 6.07) is 8.89. The van der Waals surface area contributed by atoms with Crippen LogP contribution in [0.15, 0.2) is 42.7 Å². The Morgan fingerprint density at radius 1 is 1.14 bits per heavy atom. The second-order valence-electron chi connectivity index (χ2n) is 8.98. The van der Waals surface area contributed by atoms with Crippen LogP contribution in [0.2, 0.25) is 5.02 Å². The summed E-state index contributed by atoms with van der Waals surface area (Å²) in [5.74, 6) is -0.345. The third-order valence-corrected chi connectivity index (χ3v) is 6.35. The van der Waals surface area contributed by atoms with Gasteiger partial charge in [-0.15, -0.1) is 0 Å². The number of hydrogen-bond donors (Lipinski definition) is 0. The van der Waals surface area contributed by atoms with E-state index in [2.05, 4.69) is 15.2 Å². The number of aromatic nitrogens is 6. The molecule has 4 aromatic rings. The van der Waals surface area contributed by atoms with Crippen LogP contribution in [0.3, 0.4) is 0 Å². The lowest BCUT2D eigenvalue weighted by atomic mass is 10.1. The zero-order chi connectivity index (χ0) is 25.8. The molecule has 12 heteroatoms. The zero-order valence-corrected chi connectivity index (χ0v) is 20.5. The van der Waals surface area contributed by atoms with Crippen LogP contribution in [0.4, 0.5) is 19.0 Å². The van der Waals surface area contributed by atoms with Crippen LogP contribution in [-0.4, -0.2) is 35.0 Å². The topological polar surface area (TPSA) is 73.8 Å². The van der Waals surface area contributed by atoms with Crippen molar-refractivity contribution in [2.75, 3.05) is 4.90 Å². The fraction of sp³-hybridized carbons (Fsp3) is 0.333. The zero-order valence-electron chi connectivity index (χ0n) is 19.8. The summed E-state index contributed by atoms with van der Waals surface area (Å²) >= 11 is 6.40. The van der Waals surface area contributed by atoms with Crippen LogP contribution in [0.1, 0.15) is 37.7 Å². The van der Waals surface area contributed by atoms with Crippen LogP contribution in [-0.2, 0) is 31.1 Å². The molecule has 0 bridgehead atoms. The third-order valence-electron chi connectivity index (χ3n) is 6.08. The predicted molar refractivity (Wildman–Crippen MR) is 128 cm³/mol. The number of amides is 1. The minimum atomic E-state index is -4.53. The fourth-order valence-electron chi connectivity index (χ4n) is 4.34. The first-order valence-corrected chi connectivity index (χ1v) is 11.7. The number of carbonyl (C=O) groups excluding carboxylic acids is 1. The molecule has 1 amide bonds. The average Bonchev–Trinajstić information content (AvgIpc) is 3.52. The van der Waals surface area contributed by atoms with E-state index in [0.29, 0.717) is 40.8 Å². The van der Waals surface area contributed by atoms with Crippen LogP contribution in [0.25, 0.3) is 22.6 Å². The smallest absolute Gasteiger partial charge is 0.330 e. The van der Waals surface area contributed by atoms with E-state index >= 15 is 0 Å². The van der Waals surface area contributed by atoms with Gasteiger partial charge >= 0.3 is 6.18 Å². The van der Waals surface area contributed by atoms with E-state index < -0.39 is 12.0 Å². The summed E-state index contributed by atoms with van der Waals surface area (Å²) in [6.45, 7) is 4.74. The van der Waals surface area contributed by atoms with E-state index in [0.717, 1.165) is 10.1 Å².